The first-order valence-electron chi connectivity index (χ1n) is 9.09. The summed E-state index contributed by atoms with van der Waals surface area (Å²) in [5.41, 5.74) is 1.04. The number of rotatable bonds is 5. The number of pyridine rings is 2. The fourth-order valence-electron chi connectivity index (χ4n) is 3.14. The van der Waals surface area contributed by atoms with Gasteiger partial charge in [-0.2, -0.15) is 0 Å². The molecule has 7 heteroatoms. The van der Waals surface area contributed by atoms with Gasteiger partial charge in [0.2, 0.25) is 5.43 Å². The molecular formula is C21H19FN2O3S. The van der Waals surface area contributed by atoms with E-state index in [0.29, 0.717) is 5.69 Å². The van der Waals surface area contributed by atoms with Crippen molar-refractivity contribution in [1.82, 2.24) is 9.97 Å². The molecule has 1 aliphatic carbocycles. The van der Waals surface area contributed by atoms with Gasteiger partial charge in [0.25, 0.3) is 0 Å². The third-order valence-electron chi connectivity index (χ3n) is 4.78. The molecule has 0 saturated heterocycles. The molecule has 0 bridgehead atoms. The van der Waals surface area contributed by atoms with Gasteiger partial charge in [-0.15, -0.1) is 11.8 Å². The van der Waals surface area contributed by atoms with Crippen LogP contribution in [0, 0.1) is 12.7 Å². The van der Waals surface area contributed by atoms with E-state index < -0.39 is 22.0 Å². The Morgan fingerprint density at radius 3 is 2.68 bits per heavy atom. The maximum atomic E-state index is 14.9. The third-order valence-corrected chi connectivity index (χ3v) is 6.28. The summed E-state index contributed by atoms with van der Waals surface area (Å²) >= 11 is 1.59. The Kier molecular flexibility index (Phi) is 4.71. The highest BCUT2D eigenvalue weighted by Crippen LogP contribution is 2.59. The Labute approximate surface area is 165 Å². The van der Waals surface area contributed by atoms with Gasteiger partial charge in [0.05, 0.1) is 22.4 Å². The Balaban J connectivity index is 1.73. The minimum Gasteiger partial charge on any atom is -0.462 e. The van der Waals surface area contributed by atoms with Crippen molar-refractivity contribution in [3.8, 4) is 0 Å². The molecule has 0 aliphatic heterocycles. The predicted molar refractivity (Wildman–Crippen MR) is 106 cm³/mol. The highest BCUT2D eigenvalue weighted by molar-refractivity contribution is 8.00. The largest absolute Gasteiger partial charge is 0.462 e. The molecule has 1 aromatic carbocycles. The van der Waals surface area contributed by atoms with Crippen LogP contribution in [0.25, 0.3) is 11.0 Å². The number of benzene rings is 1. The van der Waals surface area contributed by atoms with E-state index in [9.17, 15) is 14.0 Å². The van der Waals surface area contributed by atoms with E-state index in [-0.39, 0.29) is 23.2 Å². The molecule has 0 amide bonds. The highest BCUT2D eigenvalue weighted by Gasteiger charge is 2.49. The van der Waals surface area contributed by atoms with E-state index in [4.69, 9.17) is 4.74 Å². The second kappa shape index (κ2) is 7.05. The van der Waals surface area contributed by atoms with Crippen molar-refractivity contribution < 1.29 is 13.9 Å². The zero-order valence-corrected chi connectivity index (χ0v) is 16.4. The van der Waals surface area contributed by atoms with Crippen molar-refractivity contribution in [3.63, 3.8) is 0 Å². The van der Waals surface area contributed by atoms with E-state index in [2.05, 4.69) is 9.97 Å². The number of esters is 1. The Morgan fingerprint density at radius 2 is 2.04 bits per heavy atom. The van der Waals surface area contributed by atoms with E-state index >= 15 is 0 Å². The second-order valence-electron chi connectivity index (χ2n) is 6.88. The number of nitrogens with one attached hydrogen (secondary N) is 1. The molecule has 5 nitrogen and oxygen atoms in total. The highest BCUT2D eigenvalue weighted by atomic mass is 32.2. The van der Waals surface area contributed by atoms with Crippen LogP contribution in [0.1, 0.15) is 41.4 Å². The van der Waals surface area contributed by atoms with E-state index in [1.165, 1.54) is 17.8 Å². The van der Waals surface area contributed by atoms with Crippen LogP contribution in [0.15, 0.2) is 46.2 Å². The van der Waals surface area contributed by atoms with E-state index in [1.54, 1.807) is 18.7 Å². The lowest BCUT2D eigenvalue weighted by Crippen LogP contribution is -2.19. The minimum absolute atomic E-state index is 0.0444. The maximum absolute atomic E-state index is 14.9. The molecular weight excluding hydrogens is 379 g/mol. The summed E-state index contributed by atoms with van der Waals surface area (Å²) in [6.45, 7) is 3.83. The zero-order valence-electron chi connectivity index (χ0n) is 15.5. The number of fused-ring (bicyclic) bond motifs is 1. The molecule has 144 valence electrons. The topological polar surface area (TPSA) is 72.1 Å². The molecule has 0 spiro atoms. The number of thioether (sulfide) groups is 1. The average Bonchev–Trinajstić information content (AvgIpc) is 3.44. The summed E-state index contributed by atoms with van der Waals surface area (Å²) in [5.74, 6) is -1.26. The Morgan fingerprint density at radius 1 is 1.32 bits per heavy atom. The molecule has 28 heavy (non-hydrogen) atoms. The molecule has 0 radical (unpaired) electrons. The van der Waals surface area contributed by atoms with Crippen LogP contribution >= 0.6 is 11.8 Å². The quantitative estimate of drug-likeness (QED) is 0.648. The standard InChI is InChI=1S/C21H19FN2O3S/c1-3-27-20(26)15-11-23-19-14(17(15)25)10-16(22)18(24-19)21(8-9-21)28-13-6-4-12(2)5-7-13/h4-7,10-11H,3,8-9H2,1-2H3,(H,23,24,25). The van der Waals surface area contributed by atoms with Crippen LogP contribution in [0.2, 0.25) is 0 Å². The van der Waals surface area contributed by atoms with Crippen molar-refractivity contribution in [2.45, 2.75) is 36.3 Å². The van der Waals surface area contributed by atoms with Crippen LogP contribution in [0.5, 0.6) is 0 Å². The predicted octanol–water partition coefficient (Wildman–Crippen LogP) is 4.33. The molecule has 0 unspecified atom stereocenters. The average molecular weight is 398 g/mol. The van der Waals surface area contributed by atoms with Gasteiger partial charge in [0.1, 0.15) is 17.0 Å². The van der Waals surface area contributed by atoms with Gasteiger partial charge in [0, 0.05) is 11.1 Å². The first-order chi connectivity index (χ1) is 13.4. The lowest BCUT2D eigenvalue weighted by atomic mass is 10.1. The maximum Gasteiger partial charge on any atom is 0.343 e. The number of ether oxygens (including phenoxy) is 1. The number of H-pyrrole nitrogens is 1. The molecule has 3 aromatic rings. The van der Waals surface area contributed by atoms with Crippen LogP contribution < -0.4 is 5.43 Å². The lowest BCUT2D eigenvalue weighted by Gasteiger charge is -2.16. The fourth-order valence-corrected chi connectivity index (χ4v) is 4.41. The molecule has 1 N–H and O–H groups in total. The number of hydrogen-bond acceptors (Lipinski definition) is 5. The van der Waals surface area contributed by atoms with Crippen molar-refractivity contribution in [3.05, 3.63) is 69.4 Å². The van der Waals surface area contributed by atoms with Gasteiger partial charge in [0.15, 0.2) is 0 Å². The SMILES string of the molecule is CCOC(=O)c1c[nH]c2nc(C3(Sc4ccc(C)cc4)CC3)c(F)cc2c1=O. The van der Waals surface area contributed by atoms with Crippen LogP contribution in [0.4, 0.5) is 4.39 Å². The van der Waals surface area contributed by atoms with Gasteiger partial charge in [-0.05, 0) is 44.9 Å². The van der Waals surface area contributed by atoms with Crippen LogP contribution in [-0.2, 0) is 9.48 Å². The summed E-state index contributed by atoms with van der Waals surface area (Å²) in [6.07, 6.45) is 2.91. The molecule has 2 heterocycles. The number of carbonyl (C=O) groups excluding carboxylic acids is 1. The number of halogens is 1. The number of aromatic nitrogens is 2. The molecule has 1 saturated carbocycles. The summed E-state index contributed by atoms with van der Waals surface area (Å²) in [4.78, 5) is 32.8. The summed E-state index contributed by atoms with van der Waals surface area (Å²) < 4.78 is 19.4. The molecule has 1 aliphatic rings. The molecule has 1 fully saturated rings. The van der Waals surface area contributed by atoms with Gasteiger partial charge >= 0.3 is 5.97 Å². The smallest absolute Gasteiger partial charge is 0.343 e. The second-order valence-corrected chi connectivity index (χ2v) is 8.33. The number of carbonyl (C=O) groups is 1. The van der Waals surface area contributed by atoms with Crippen molar-refractivity contribution >= 4 is 28.8 Å². The van der Waals surface area contributed by atoms with Crippen molar-refractivity contribution in [2.24, 2.45) is 0 Å². The zero-order chi connectivity index (χ0) is 19.9. The van der Waals surface area contributed by atoms with Crippen LogP contribution in [-0.4, -0.2) is 22.5 Å². The Bertz CT molecular complexity index is 1120. The molecule has 0 atom stereocenters. The fraction of sp³-hybridized carbons (Fsp3) is 0.286. The van der Waals surface area contributed by atoms with E-state index in [1.807, 2.05) is 31.2 Å². The number of aromatic amines is 1. The first-order valence-corrected chi connectivity index (χ1v) is 9.90. The molecule has 2 aromatic heterocycles. The Hall–Kier alpha value is -2.67. The lowest BCUT2D eigenvalue weighted by molar-refractivity contribution is 0.0524. The normalized spacial score (nSPS) is 14.8. The summed E-state index contributed by atoms with van der Waals surface area (Å²) in [6, 6.07) is 9.27. The number of hydrogen-bond donors (Lipinski definition) is 1. The first kappa shape index (κ1) is 18.7. The van der Waals surface area contributed by atoms with Gasteiger partial charge < -0.3 is 9.72 Å². The van der Waals surface area contributed by atoms with Gasteiger partial charge in [-0.25, -0.2) is 14.2 Å². The summed E-state index contributed by atoms with van der Waals surface area (Å²) in [5, 5.41) is 0.0444. The molecule has 4 rings (SSSR count). The number of nitrogens with zero attached hydrogens (tertiary/aromatic N) is 1. The summed E-state index contributed by atoms with van der Waals surface area (Å²) in [7, 11) is 0. The van der Waals surface area contributed by atoms with Crippen molar-refractivity contribution in [2.75, 3.05) is 6.61 Å². The van der Waals surface area contributed by atoms with Gasteiger partial charge in [-0.3, -0.25) is 4.79 Å². The van der Waals surface area contributed by atoms with Gasteiger partial charge in [-0.1, -0.05) is 17.7 Å². The van der Waals surface area contributed by atoms with E-state index in [0.717, 1.165) is 17.7 Å². The third kappa shape index (κ3) is 3.30. The van der Waals surface area contributed by atoms with Crippen molar-refractivity contribution in [1.29, 1.82) is 0 Å². The minimum atomic E-state index is -0.733. The van der Waals surface area contributed by atoms with Crippen LogP contribution in [0.3, 0.4) is 0 Å². The monoisotopic (exact) mass is 398 g/mol. The number of aryl methyl sites for hydroxylation is 1.